The van der Waals surface area contributed by atoms with Gasteiger partial charge >= 0.3 is 6.03 Å². The highest BCUT2D eigenvalue weighted by molar-refractivity contribution is 5.74. The summed E-state index contributed by atoms with van der Waals surface area (Å²) in [6, 6.07) is 6.20. The Morgan fingerprint density at radius 3 is 2.58 bits per heavy atom. The average Bonchev–Trinajstić information content (AvgIpc) is 3.12. The van der Waals surface area contributed by atoms with Crippen LogP contribution in [0.5, 0.6) is 5.75 Å². The number of amides is 2. The lowest BCUT2D eigenvalue weighted by Gasteiger charge is -2.32. The lowest BCUT2D eigenvalue weighted by molar-refractivity contribution is -0.0471. The number of piperidine rings is 1. The van der Waals surface area contributed by atoms with Crippen LogP contribution in [0, 0.1) is 0 Å². The van der Waals surface area contributed by atoms with Crippen LogP contribution in [0.2, 0.25) is 0 Å². The normalized spacial score (nSPS) is 17.6. The Morgan fingerprint density at radius 1 is 1.31 bits per heavy atom. The topological polar surface area (TPSA) is 80.5 Å². The number of alkyl halides is 2. The van der Waals surface area contributed by atoms with E-state index in [1.54, 1.807) is 38.3 Å². The van der Waals surface area contributed by atoms with Crippen molar-refractivity contribution in [2.45, 2.75) is 31.7 Å². The number of benzene rings is 1. The fraction of sp³-hybridized carbons (Fsp3) is 0.471. The molecule has 1 aromatic carbocycles. The zero-order chi connectivity index (χ0) is 18.7. The fourth-order valence-corrected chi connectivity index (χ4v) is 2.64. The summed E-state index contributed by atoms with van der Waals surface area (Å²) in [7, 11) is 1.58. The van der Waals surface area contributed by atoms with Gasteiger partial charge in [0, 0.05) is 31.5 Å². The zero-order valence-electron chi connectivity index (χ0n) is 14.5. The van der Waals surface area contributed by atoms with E-state index in [1.807, 2.05) is 0 Å². The van der Waals surface area contributed by atoms with Gasteiger partial charge in [-0.25, -0.2) is 13.6 Å². The number of carbonyl (C=O) groups excluding carboxylic acids is 1. The minimum absolute atomic E-state index is 0.0203. The van der Waals surface area contributed by atoms with Crippen molar-refractivity contribution in [1.29, 1.82) is 0 Å². The summed E-state index contributed by atoms with van der Waals surface area (Å²) >= 11 is 0. The molecule has 1 atom stereocenters. The second-order valence-corrected chi connectivity index (χ2v) is 6.20. The maximum absolute atomic E-state index is 13.2. The number of carbonyl (C=O) groups is 1. The Balaban J connectivity index is 1.60. The number of methoxy groups -OCH3 is 1. The number of hydrogen-bond acceptors (Lipinski definition) is 5. The number of likely N-dealkylation sites (tertiary alicyclic amines) is 1. The largest absolute Gasteiger partial charge is 0.497 e. The molecule has 1 aromatic heterocycles. The van der Waals surface area contributed by atoms with Crippen molar-refractivity contribution in [1.82, 2.24) is 20.4 Å². The predicted octanol–water partition coefficient (Wildman–Crippen LogP) is 3.25. The van der Waals surface area contributed by atoms with E-state index in [0.29, 0.717) is 11.6 Å². The maximum atomic E-state index is 13.2. The number of halogens is 2. The van der Waals surface area contributed by atoms with Gasteiger partial charge in [0.2, 0.25) is 11.7 Å². The van der Waals surface area contributed by atoms with Crippen molar-refractivity contribution in [2.24, 2.45) is 0 Å². The van der Waals surface area contributed by atoms with Crippen molar-refractivity contribution in [3.8, 4) is 17.1 Å². The van der Waals surface area contributed by atoms with E-state index in [4.69, 9.17) is 9.26 Å². The van der Waals surface area contributed by atoms with Gasteiger partial charge in [-0.15, -0.1) is 0 Å². The van der Waals surface area contributed by atoms with Gasteiger partial charge in [-0.2, -0.15) is 4.98 Å². The van der Waals surface area contributed by atoms with Crippen LogP contribution < -0.4 is 10.1 Å². The highest BCUT2D eigenvalue weighted by Crippen LogP contribution is 2.28. The molecule has 1 saturated heterocycles. The maximum Gasteiger partial charge on any atom is 0.318 e. The van der Waals surface area contributed by atoms with Crippen LogP contribution in [0.3, 0.4) is 0 Å². The summed E-state index contributed by atoms with van der Waals surface area (Å²) in [4.78, 5) is 17.9. The average molecular weight is 366 g/mol. The first-order valence-corrected chi connectivity index (χ1v) is 8.29. The molecule has 1 unspecified atom stereocenters. The molecule has 0 radical (unpaired) electrons. The Kier molecular flexibility index (Phi) is 5.06. The van der Waals surface area contributed by atoms with Gasteiger partial charge in [0.25, 0.3) is 5.92 Å². The summed E-state index contributed by atoms with van der Waals surface area (Å²) in [6.07, 6.45) is -0.645. The smallest absolute Gasteiger partial charge is 0.318 e. The third kappa shape index (κ3) is 4.09. The summed E-state index contributed by atoms with van der Waals surface area (Å²) < 4.78 is 36.7. The van der Waals surface area contributed by atoms with Crippen molar-refractivity contribution in [3.05, 3.63) is 30.2 Å². The minimum atomic E-state index is -2.69. The number of ether oxygens (including phenoxy) is 1. The summed E-state index contributed by atoms with van der Waals surface area (Å²) in [5.74, 6) is -1.35. The summed E-state index contributed by atoms with van der Waals surface area (Å²) in [6.45, 7) is 1.74. The van der Waals surface area contributed by atoms with Gasteiger partial charge < -0.3 is 19.5 Å². The van der Waals surface area contributed by atoms with Crippen molar-refractivity contribution in [2.75, 3.05) is 20.2 Å². The van der Waals surface area contributed by atoms with Crippen molar-refractivity contribution in [3.63, 3.8) is 0 Å². The minimum Gasteiger partial charge on any atom is -0.497 e. The molecule has 1 aliphatic rings. The number of hydrogen-bond donors (Lipinski definition) is 1. The van der Waals surface area contributed by atoms with Gasteiger partial charge in [0.15, 0.2) is 0 Å². The molecule has 0 saturated carbocycles. The molecule has 1 N–H and O–H groups in total. The molecule has 1 aliphatic heterocycles. The highest BCUT2D eigenvalue weighted by Gasteiger charge is 2.36. The third-order valence-corrected chi connectivity index (χ3v) is 4.28. The van der Waals surface area contributed by atoms with Gasteiger partial charge in [-0.3, -0.25) is 0 Å². The molecule has 2 aromatic rings. The summed E-state index contributed by atoms with van der Waals surface area (Å²) in [5.41, 5.74) is 0.748. The molecule has 2 heterocycles. The van der Waals surface area contributed by atoms with E-state index < -0.39 is 18.0 Å². The number of rotatable bonds is 4. The molecule has 140 valence electrons. The molecule has 0 bridgehead atoms. The first-order valence-electron chi connectivity index (χ1n) is 8.29. The van der Waals surface area contributed by atoms with E-state index in [-0.39, 0.29) is 31.8 Å². The Morgan fingerprint density at radius 2 is 1.96 bits per heavy atom. The third-order valence-electron chi connectivity index (χ3n) is 4.28. The van der Waals surface area contributed by atoms with Crippen LogP contribution >= 0.6 is 0 Å². The standard InChI is InChI=1S/C17H20F2N4O3/c1-11(20-16(24)23-9-7-17(18,19)8-10-23)15-21-14(22-26-15)12-3-5-13(25-2)6-4-12/h3-6,11H,7-10H2,1-2H3,(H,20,24). The molecule has 2 amide bonds. The van der Waals surface area contributed by atoms with Crippen molar-refractivity contribution < 1.29 is 22.8 Å². The van der Waals surface area contributed by atoms with Gasteiger partial charge in [-0.05, 0) is 31.2 Å². The molecule has 9 heteroatoms. The highest BCUT2D eigenvalue weighted by atomic mass is 19.3. The Hall–Kier alpha value is -2.71. The Bertz CT molecular complexity index is 754. The van der Waals surface area contributed by atoms with Crippen molar-refractivity contribution >= 4 is 6.03 Å². The van der Waals surface area contributed by atoms with E-state index in [9.17, 15) is 13.6 Å². The lowest BCUT2D eigenvalue weighted by atomic mass is 10.1. The first-order chi connectivity index (χ1) is 12.4. The molecule has 26 heavy (non-hydrogen) atoms. The molecule has 0 aliphatic carbocycles. The van der Waals surface area contributed by atoms with Crippen LogP contribution in [0.4, 0.5) is 13.6 Å². The van der Waals surface area contributed by atoms with Crippen LogP contribution in [0.1, 0.15) is 31.7 Å². The summed E-state index contributed by atoms with van der Waals surface area (Å²) in [5, 5.41) is 6.61. The van der Waals surface area contributed by atoms with Gasteiger partial charge in [0.05, 0.1) is 7.11 Å². The number of nitrogens with one attached hydrogen (secondary N) is 1. The zero-order valence-corrected chi connectivity index (χ0v) is 14.5. The van der Waals surface area contributed by atoms with E-state index in [1.165, 1.54) is 4.90 Å². The van der Waals surface area contributed by atoms with Gasteiger partial charge in [-0.1, -0.05) is 5.16 Å². The number of urea groups is 1. The van der Waals surface area contributed by atoms with Crippen LogP contribution in [0.15, 0.2) is 28.8 Å². The quantitative estimate of drug-likeness (QED) is 0.898. The first kappa shape index (κ1) is 18.1. The van der Waals surface area contributed by atoms with Crippen LogP contribution in [-0.2, 0) is 0 Å². The second-order valence-electron chi connectivity index (χ2n) is 6.20. The van der Waals surface area contributed by atoms with E-state index in [0.717, 1.165) is 5.56 Å². The molecule has 7 nitrogen and oxygen atoms in total. The molecule has 3 rings (SSSR count). The molecular weight excluding hydrogens is 346 g/mol. The van der Waals surface area contributed by atoms with E-state index in [2.05, 4.69) is 15.5 Å². The lowest BCUT2D eigenvalue weighted by Crippen LogP contribution is -2.47. The molecule has 0 spiro atoms. The fourth-order valence-electron chi connectivity index (χ4n) is 2.64. The second kappa shape index (κ2) is 7.27. The number of aromatic nitrogens is 2. The number of nitrogens with zero attached hydrogens (tertiary/aromatic N) is 3. The van der Waals surface area contributed by atoms with Gasteiger partial charge in [0.1, 0.15) is 11.8 Å². The van der Waals surface area contributed by atoms with Crippen LogP contribution in [0.25, 0.3) is 11.4 Å². The SMILES string of the molecule is COc1ccc(-c2noc(C(C)NC(=O)N3CCC(F)(F)CC3)n2)cc1. The predicted molar refractivity (Wildman–Crippen MR) is 89.0 cm³/mol. The molecule has 1 fully saturated rings. The monoisotopic (exact) mass is 366 g/mol. The Labute approximate surface area is 149 Å². The molecular formula is C17H20F2N4O3. The van der Waals surface area contributed by atoms with E-state index >= 15 is 0 Å². The van der Waals surface area contributed by atoms with Crippen LogP contribution in [-0.4, -0.2) is 47.2 Å².